The van der Waals surface area contributed by atoms with Crippen LogP contribution in [-0.4, -0.2) is 49.4 Å². The average molecular weight is 345 g/mol. The molecule has 1 amide bonds. The van der Waals surface area contributed by atoms with E-state index in [1.165, 1.54) is 6.42 Å². The Bertz CT molecular complexity index is 448. The molecule has 0 aliphatic carbocycles. The number of halogens is 1. The number of hydrogen-bond donors (Lipinski definition) is 0. The highest BCUT2D eigenvalue weighted by atomic mass is 79.9. The number of likely N-dealkylation sites (N-methyl/N-ethyl adjacent to an activating group) is 1. The van der Waals surface area contributed by atoms with E-state index in [1.54, 1.807) is 11.3 Å². The summed E-state index contributed by atoms with van der Waals surface area (Å²) in [6.07, 6.45) is 1.20. The first-order valence-electron chi connectivity index (χ1n) is 6.66. The Morgan fingerprint density at radius 2 is 2.37 bits per heavy atom. The average Bonchev–Trinajstić information content (AvgIpc) is 2.96. The highest BCUT2D eigenvalue weighted by Crippen LogP contribution is 2.29. The van der Waals surface area contributed by atoms with Crippen molar-refractivity contribution in [3.8, 4) is 0 Å². The van der Waals surface area contributed by atoms with Crippen molar-refractivity contribution < 1.29 is 4.79 Å². The van der Waals surface area contributed by atoms with E-state index in [9.17, 15) is 4.79 Å². The smallest absolute Gasteiger partial charge is 0.230 e. The zero-order valence-electron chi connectivity index (χ0n) is 11.7. The van der Waals surface area contributed by atoms with Gasteiger partial charge >= 0.3 is 0 Å². The summed E-state index contributed by atoms with van der Waals surface area (Å²) >= 11 is 5.10. The Kier molecular flexibility index (Phi) is 5.03. The van der Waals surface area contributed by atoms with Crippen molar-refractivity contribution >= 4 is 33.2 Å². The quantitative estimate of drug-likeness (QED) is 0.838. The first kappa shape index (κ1) is 15.0. The van der Waals surface area contributed by atoms with E-state index in [-0.39, 0.29) is 11.8 Å². The van der Waals surface area contributed by atoms with Crippen LogP contribution in [0.25, 0.3) is 0 Å². The Labute approximate surface area is 127 Å². The molecule has 3 nitrogen and oxygen atoms in total. The van der Waals surface area contributed by atoms with Crippen LogP contribution in [0.5, 0.6) is 0 Å². The van der Waals surface area contributed by atoms with Crippen molar-refractivity contribution in [2.45, 2.75) is 19.3 Å². The summed E-state index contributed by atoms with van der Waals surface area (Å²) in [5, 5.41) is 0. The molecule has 19 heavy (non-hydrogen) atoms. The maximum Gasteiger partial charge on any atom is 0.230 e. The summed E-state index contributed by atoms with van der Waals surface area (Å²) < 4.78 is 1.09. The van der Waals surface area contributed by atoms with Gasteiger partial charge in [-0.2, -0.15) is 0 Å². The first-order chi connectivity index (χ1) is 8.97. The van der Waals surface area contributed by atoms with Gasteiger partial charge in [-0.25, -0.2) is 0 Å². The van der Waals surface area contributed by atoms with Gasteiger partial charge < -0.3 is 9.80 Å². The van der Waals surface area contributed by atoms with Gasteiger partial charge in [-0.3, -0.25) is 4.79 Å². The molecule has 1 aromatic rings. The number of thiophene rings is 1. The fourth-order valence-corrected chi connectivity index (χ4v) is 4.13. The molecule has 1 aliphatic rings. The lowest BCUT2D eigenvalue weighted by molar-refractivity contribution is -0.131. The standard InChI is InChI=1S/C14H21BrN2OS/c1-10(12-4-5-13(15)19-12)14(18)17(3)9-11-6-7-16(2)8-11/h4-5,10-11H,6-9H2,1-3H3/t10-,11+/m0/s1. The van der Waals surface area contributed by atoms with Crippen molar-refractivity contribution in [3.63, 3.8) is 0 Å². The van der Waals surface area contributed by atoms with Gasteiger partial charge in [-0.05, 0) is 60.9 Å². The Balaban J connectivity index is 1.91. The molecule has 1 fully saturated rings. The largest absolute Gasteiger partial charge is 0.345 e. The Hall–Kier alpha value is -0.390. The molecular formula is C14H21BrN2OS. The maximum absolute atomic E-state index is 12.4. The molecule has 1 aromatic heterocycles. The van der Waals surface area contributed by atoms with E-state index in [2.05, 4.69) is 27.9 Å². The number of rotatable bonds is 4. The third-order valence-corrected chi connectivity index (χ3v) is 5.59. The molecule has 5 heteroatoms. The molecule has 0 saturated carbocycles. The summed E-state index contributed by atoms with van der Waals surface area (Å²) in [7, 11) is 4.08. The summed E-state index contributed by atoms with van der Waals surface area (Å²) in [6.45, 7) is 5.13. The number of likely N-dealkylation sites (tertiary alicyclic amines) is 1. The number of carbonyl (C=O) groups excluding carboxylic acids is 1. The van der Waals surface area contributed by atoms with Crippen LogP contribution in [0.15, 0.2) is 15.9 Å². The third kappa shape index (κ3) is 3.80. The molecule has 0 radical (unpaired) electrons. The van der Waals surface area contributed by atoms with Crippen molar-refractivity contribution in [1.82, 2.24) is 9.80 Å². The lowest BCUT2D eigenvalue weighted by atomic mass is 10.1. The highest BCUT2D eigenvalue weighted by molar-refractivity contribution is 9.11. The van der Waals surface area contributed by atoms with Gasteiger partial charge in [0.15, 0.2) is 0 Å². The van der Waals surface area contributed by atoms with E-state index in [0.717, 1.165) is 28.3 Å². The molecule has 0 spiro atoms. The van der Waals surface area contributed by atoms with Crippen molar-refractivity contribution in [2.75, 3.05) is 33.7 Å². The zero-order chi connectivity index (χ0) is 14.0. The van der Waals surface area contributed by atoms with Crippen LogP contribution in [0, 0.1) is 5.92 Å². The second-order valence-electron chi connectivity index (χ2n) is 5.50. The van der Waals surface area contributed by atoms with Crippen molar-refractivity contribution in [1.29, 1.82) is 0 Å². The minimum Gasteiger partial charge on any atom is -0.345 e. The second kappa shape index (κ2) is 6.37. The van der Waals surface area contributed by atoms with Crippen molar-refractivity contribution in [3.05, 3.63) is 20.8 Å². The number of hydrogen-bond acceptors (Lipinski definition) is 3. The Morgan fingerprint density at radius 3 is 2.89 bits per heavy atom. The molecule has 2 heterocycles. The van der Waals surface area contributed by atoms with Crippen LogP contribution >= 0.6 is 27.3 Å². The van der Waals surface area contributed by atoms with E-state index < -0.39 is 0 Å². The summed E-state index contributed by atoms with van der Waals surface area (Å²) in [5.41, 5.74) is 0. The fraction of sp³-hybridized carbons (Fsp3) is 0.643. The van der Waals surface area contributed by atoms with E-state index >= 15 is 0 Å². The molecule has 1 saturated heterocycles. The molecular weight excluding hydrogens is 324 g/mol. The van der Waals surface area contributed by atoms with Gasteiger partial charge in [0, 0.05) is 25.0 Å². The third-order valence-electron chi connectivity index (χ3n) is 3.79. The van der Waals surface area contributed by atoms with Gasteiger partial charge in [0.25, 0.3) is 0 Å². The van der Waals surface area contributed by atoms with E-state index in [1.807, 2.05) is 31.0 Å². The van der Waals surface area contributed by atoms with Gasteiger partial charge in [-0.1, -0.05) is 0 Å². The monoisotopic (exact) mass is 344 g/mol. The van der Waals surface area contributed by atoms with Gasteiger partial charge in [-0.15, -0.1) is 11.3 Å². The predicted octanol–water partition coefficient (Wildman–Crippen LogP) is 3.02. The van der Waals surface area contributed by atoms with Crippen LogP contribution in [0.1, 0.15) is 24.1 Å². The molecule has 0 aromatic carbocycles. The highest BCUT2D eigenvalue weighted by Gasteiger charge is 2.25. The van der Waals surface area contributed by atoms with Crippen LogP contribution in [0.4, 0.5) is 0 Å². The summed E-state index contributed by atoms with van der Waals surface area (Å²) in [4.78, 5) is 17.8. The molecule has 1 aliphatic heterocycles. The van der Waals surface area contributed by atoms with Crippen LogP contribution < -0.4 is 0 Å². The fourth-order valence-electron chi connectivity index (χ4n) is 2.67. The molecule has 0 unspecified atom stereocenters. The lowest BCUT2D eigenvalue weighted by Crippen LogP contribution is -2.35. The zero-order valence-corrected chi connectivity index (χ0v) is 14.1. The SMILES string of the molecule is C[C@H](C(=O)N(C)C[C@@H]1CCN(C)C1)c1ccc(Br)s1. The van der Waals surface area contributed by atoms with Crippen molar-refractivity contribution in [2.24, 2.45) is 5.92 Å². The first-order valence-corrected chi connectivity index (χ1v) is 8.27. The van der Waals surface area contributed by atoms with Gasteiger partial charge in [0.2, 0.25) is 5.91 Å². The number of amides is 1. The van der Waals surface area contributed by atoms with Crippen LogP contribution in [-0.2, 0) is 4.79 Å². The lowest BCUT2D eigenvalue weighted by Gasteiger charge is -2.24. The molecule has 0 N–H and O–H groups in total. The molecule has 106 valence electrons. The minimum absolute atomic E-state index is 0.0413. The molecule has 2 rings (SSSR count). The molecule has 2 atom stereocenters. The maximum atomic E-state index is 12.4. The second-order valence-corrected chi connectivity index (χ2v) is 7.99. The van der Waals surface area contributed by atoms with E-state index in [0.29, 0.717) is 5.92 Å². The van der Waals surface area contributed by atoms with Crippen LogP contribution in [0.2, 0.25) is 0 Å². The number of carbonyl (C=O) groups is 1. The summed E-state index contributed by atoms with van der Waals surface area (Å²) in [5.74, 6) is 0.811. The molecule has 0 bridgehead atoms. The minimum atomic E-state index is -0.0413. The predicted molar refractivity (Wildman–Crippen MR) is 83.7 cm³/mol. The summed E-state index contributed by atoms with van der Waals surface area (Å²) in [6, 6.07) is 4.05. The Morgan fingerprint density at radius 1 is 1.63 bits per heavy atom. The van der Waals surface area contributed by atoms with Gasteiger partial charge in [0.05, 0.1) is 9.70 Å². The van der Waals surface area contributed by atoms with Gasteiger partial charge in [0.1, 0.15) is 0 Å². The van der Waals surface area contributed by atoms with Crippen LogP contribution in [0.3, 0.4) is 0 Å². The normalized spacial score (nSPS) is 21.6. The van der Waals surface area contributed by atoms with E-state index in [4.69, 9.17) is 0 Å². The number of nitrogens with zero attached hydrogens (tertiary/aromatic N) is 2. The topological polar surface area (TPSA) is 23.6 Å².